The van der Waals surface area contributed by atoms with Gasteiger partial charge in [0.2, 0.25) is 0 Å². The van der Waals surface area contributed by atoms with Crippen molar-refractivity contribution in [1.82, 2.24) is 9.62 Å². The van der Waals surface area contributed by atoms with Gasteiger partial charge in [0.05, 0.1) is 6.54 Å². The molecule has 0 spiro atoms. The number of carbonyl (C=O) groups is 2. The Morgan fingerprint density at radius 2 is 2.05 bits per heavy atom. The summed E-state index contributed by atoms with van der Waals surface area (Å²) in [6.45, 7) is -0.575. The number of para-hydroxylation sites is 1. The van der Waals surface area contributed by atoms with Gasteiger partial charge in [-0.1, -0.05) is 18.2 Å². The van der Waals surface area contributed by atoms with E-state index in [9.17, 15) is 18.0 Å². The number of nitrogens with zero attached hydrogens (tertiary/aromatic N) is 1. The van der Waals surface area contributed by atoms with Crippen LogP contribution >= 0.6 is 0 Å². The highest BCUT2D eigenvalue weighted by Gasteiger charge is 2.44. The van der Waals surface area contributed by atoms with Crippen molar-refractivity contribution in [3.8, 4) is 5.75 Å². The van der Waals surface area contributed by atoms with Crippen molar-refractivity contribution in [2.75, 3.05) is 13.2 Å². The lowest BCUT2D eigenvalue weighted by Crippen LogP contribution is -2.65. The van der Waals surface area contributed by atoms with Crippen LogP contribution in [0.2, 0.25) is 0 Å². The van der Waals surface area contributed by atoms with Gasteiger partial charge >= 0.3 is 10.3 Å². The maximum absolute atomic E-state index is 11.5. The topological polar surface area (TPSA) is 113 Å². The molecular formula is C11H12N2O6S. The minimum absolute atomic E-state index is 0.274. The van der Waals surface area contributed by atoms with E-state index in [0.717, 1.165) is 0 Å². The molecule has 9 heteroatoms. The zero-order valence-electron chi connectivity index (χ0n) is 10.2. The molecule has 1 fully saturated rings. The maximum Gasteiger partial charge on any atom is 0.362 e. The molecule has 1 aliphatic rings. The van der Waals surface area contributed by atoms with Crippen LogP contribution in [-0.4, -0.2) is 48.3 Å². The van der Waals surface area contributed by atoms with E-state index < -0.39 is 28.2 Å². The molecule has 0 radical (unpaired) electrons. The summed E-state index contributed by atoms with van der Waals surface area (Å²) in [4.78, 5) is 22.9. The fraction of sp³-hybridized carbons (Fsp3) is 0.273. The number of hydrogen-bond acceptors (Lipinski definition) is 5. The van der Waals surface area contributed by atoms with Crippen LogP contribution in [0.15, 0.2) is 30.3 Å². The van der Waals surface area contributed by atoms with Crippen LogP contribution in [0.4, 0.5) is 0 Å². The summed E-state index contributed by atoms with van der Waals surface area (Å²) in [5.41, 5.74) is 0. The molecule has 0 aromatic heterocycles. The number of β-lactam (4-membered cyclic amide) rings is 1. The van der Waals surface area contributed by atoms with Crippen molar-refractivity contribution in [2.45, 2.75) is 6.04 Å². The summed E-state index contributed by atoms with van der Waals surface area (Å²) >= 11 is 0. The number of carbonyl (C=O) groups excluding carboxylic acids is 2. The van der Waals surface area contributed by atoms with E-state index in [1.165, 1.54) is 0 Å². The lowest BCUT2D eigenvalue weighted by atomic mass is 10.1. The van der Waals surface area contributed by atoms with Crippen molar-refractivity contribution >= 4 is 22.1 Å². The van der Waals surface area contributed by atoms with Crippen LogP contribution in [0.1, 0.15) is 0 Å². The largest absolute Gasteiger partial charge is 0.484 e. The Balaban J connectivity index is 1.78. The Hall–Kier alpha value is -2.13. The van der Waals surface area contributed by atoms with Crippen molar-refractivity contribution in [1.29, 1.82) is 0 Å². The van der Waals surface area contributed by atoms with E-state index in [1.807, 2.05) is 0 Å². The van der Waals surface area contributed by atoms with Gasteiger partial charge in [-0.3, -0.25) is 14.1 Å². The minimum atomic E-state index is -4.54. The zero-order chi connectivity index (χ0) is 14.8. The molecule has 8 nitrogen and oxygen atoms in total. The smallest absolute Gasteiger partial charge is 0.362 e. The van der Waals surface area contributed by atoms with E-state index in [1.54, 1.807) is 30.3 Å². The van der Waals surface area contributed by atoms with Crippen molar-refractivity contribution in [3.63, 3.8) is 0 Å². The average Bonchev–Trinajstić information content (AvgIpc) is 2.40. The molecule has 20 heavy (non-hydrogen) atoms. The molecule has 108 valence electrons. The second-order valence-electron chi connectivity index (χ2n) is 4.07. The van der Waals surface area contributed by atoms with Gasteiger partial charge in [-0.25, -0.2) is 4.31 Å². The fourth-order valence-electron chi connectivity index (χ4n) is 1.61. The predicted octanol–water partition coefficient (Wildman–Crippen LogP) is -0.805. The Morgan fingerprint density at radius 3 is 2.60 bits per heavy atom. The van der Waals surface area contributed by atoms with Gasteiger partial charge in [-0.15, -0.1) is 0 Å². The Labute approximate surface area is 115 Å². The van der Waals surface area contributed by atoms with Gasteiger partial charge in [0, 0.05) is 0 Å². The molecule has 1 aromatic carbocycles. The van der Waals surface area contributed by atoms with E-state index in [0.29, 0.717) is 5.75 Å². The molecule has 1 heterocycles. The molecule has 0 saturated carbocycles. The highest BCUT2D eigenvalue weighted by Crippen LogP contribution is 2.14. The number of nitrogens with one attached hydrogen (secondary N) is 1. The lowest BCUT2D eigenvalue weighted by Gasteiger charge is -2.35. The molecule has 2 rings (SSSR count). The second kappa shape index (κ2) is 5.47. The van der Waals surface area contributed by atoms with E-state index in [2.05, 4.69) is 5.32 Å². The van der Waals surface area contributed by atoms with E-state index >= 15 is 0 Å². The number of hydrogen-bond donors (Lipinski definition) is 2. The first-order valence-corrected chi connectivity index (χ1v) is 7.04. The van der Waals surface area contributed by atoms with Crippen LogP contribution < -0.4 is 10.1 Å². The number of ether oxygens (including phenoxy) is 1. The third-order valence-electron chi connectivity index (χ3n) is 2.62. The van der Waals surface area contributed by atoms with Crippen LogP contribution in [-0.2, 0) is 19.9 Å². The Kier molecular flexibility index (Phi) is 3.91. The highest BCUT2D eigenvalue weighted by molar-refractivity contribution is 7.84. The van der Waals surface area contributed by atoms with Gasteiger partial charge in [0.25, 0.3) is 11.8 Å². The minimum Gasteiger partial charge on any atom is -0.484 e. The summed E-state index contributed by atoms with van der Waals surface area (Å²) in [6, 6.07) is 7.66. The summed E-state index contributed by atoms with van der Waals surface area (Å²) < 4.78 is 35.5. The first-order chi connectivity index (χ1) is 9.38. The molecule has 0 aliphatic carbocycles. The summed E-state index contributed by atoms with van der Waals surface area (Å²) in [5.74, 6) is -0.926. The molecule has 2 amide bonds. The lowest BCUT2D eigenvalue weighted by molar-refractivity contribution is -0.141. The van der Waals surface area contributed by atoms with Crippen LogP contribution in [0.5, 0.6) is 5.75 Å². The normalized spacial score (nSPS) is 18.4. The molecular weight excluding hydrogens is 288 g/mol. The predicted molar refractivity (Wildman–Crippen MR) is 67.1 cm³/mol. The number of rotatable bonds is 5. The molecule has 1 aromatic rings. The van der Waals surface area contributed by atoms with Crippen LogP contribution in [0.25, 0.3) is 0 Å². The number of benzene rings is 1. The first kappa shape index (κ1) is 14.3. The van der Waals surface area contributed by atoms with Crippen molar-refractivity contribution < 1.29 is 27.3 Å². The van der Waals surface area contributed by atoms with Crippen LogP contribution in [0.3, 0.4) is 0 Å². The summed E-state index contributed by atoms with van der Waals surface area (Å²) in [5, 5.41) is 2.31. The van der Waals surface area contributed by atoms with Gasteiger partial charge in [0.1, 0.15) is 11.8 Å². The summed E-state index contributed by atoms with van der Waals surface area (Å²) in [7, 11) is -4.54. The summed E-state index contributed by atoms with van der Waals surface area (Å²) in [6.07, 6.45) is 0. The SMILES string of the molecule is O=C(COc1ccccc1)NC1CN(S(=O)(=O)O)C1=O. The zero-order valence-corrected chi connectivity index (χ0v) is 11.0. The standard InChI is InChI=1S/C11H12N2O6S/c14-10(7-19-8-4-2-1-3-5-8)12-9-6-13(11(9)15)20(16,17)18/h1-5,9H,6-7H2,(H,12,14)(H,16,17,18). The Bertz CT molecular complexity index is 615. The van der Waals surface area contributed by atoms with E-state index in [4.69, 9.17) is 9.29 Å². The third kappa shape index (κ3) is 3.25. The van der Waals surface area contributed by atoms with Crippen molar-refractivity contribution in [2.24, 2.45) is 0 Å². The second-order valence-corrected chi connectivity index (χ2v) is 5.41. The molecule has 1 aliphatic heterocycles. The molecule has 2 N–H and O–H groups in total. The van der Waals surface area contributed by atoms with Crippen molar-refractivity contribution in [3.05, 3.63) is 30.3 Å². The number of amides is 2. The first-order valence-electron chi connectivity index (χ1n) is 5.64. The van der Waals surface area contributed by atoms with Gasteiger partial charge < -0.3 is 10.1 Å². The quantitative estimate of drug-likeness (QED) is 0.543. The monoisotopic (exact) mass is 300 g/mol. The fourth-order valence-corrected chi connectivity index (χ4v) is 2.30. The third-order valence-corrected chi connectivity index (χ3v) is 3.51. The molecule has 1 saturated heterocycles. The van der Waals surface area contributed by atoms with Gasteiger partial charge in [0.15, 0.2) is 6.61 Å². The maximum atomic E-state index is 11.5. The van der Waals surface area contributed by atoms with Gasteiger partial charge in [-0.05, 0) is 12.1 Å². The van der Waals surface area contributed by atoms with E-state index in [-0.39, 0.29) is 17.5 Å². The molecule has 1 atom stereocenters. The molecule has 1 unspecified atom stereocenters. The highest BCUT2D eigenvalue weighted by atomic mass is 32.2. The average molecular weight is 300 g/mol. The van der Waals surface area contributed by atoms with Gasteiger partial charge in [-0.2, -0.15) is 8.42 Å². The molecule has 0 bridgehead atoms. The Morgan fingerprint density at radius 1 is 1.40 bits per heavy atom. The van der Waals surface area contributed by atoms with Crippen LogP contribution in [0, 0.1) is 0 Å².